The summed E-state index contributed by atoms with van der Waals surface area (Å²) in [7, 11) is 0. The summed E-state index contributed by atoms with van der Waals surface area (Å²) in [6.45, 7) is 7.96. The molecule has 0 fully saturated rings. The Kier molecular flexibility index (Phi) is 7.83. The van der Waals surface area contributed by atoms with Crippen LogP contribution in [0.4, 0.5) is 0 Å². The number of carbonyl (C=O) groups excluding carboxylic acids is 3. The first kappa shape index (κ1) is 23.7. The number of hydrogen-bond acceptors (Lipinski definition) is 4. The van der Waals surface area contributed by atoms with Gasteiger partial charge in [0.1, 0.15) is 6.04 Å². The third-order valence-corrected chi connectivity index (χ3v) is 4.98. The highest BCUT2D eigenvalue weighted by molar-refractivity contribution is 6.31. The number of unbranched alkanes of at least 4 members (excludes halogenated alkanes) is 2. The van der Waals surface area contributed by atoms with Gasteiger partial charge in [-0.1, -0.05) is 52.1 Å². The Morgan fingerprint density at radius 1 is 1.23 bits per heavy atom. The zero-order valence-corrected chi connectivity index (χ0v) is 18.7. The molecule has 1 heterocycles. The van der Waals surface area contributed by atoms with E-state index in [1.807, 2.05) is 26.8 Å². The zero-order valence-electron chi connectivity index (χ0n) is 17.9. The molecule has 1 atom stereocenters. The van der Waals surface area contributed by atoms with Crippen molar-refractivity contribution in [2.75, 3.05) is 6.54 Å². The minimum Gasteiger partial charge on any atom is -0.368 e. The Hall–Kier alpha value is -2.61. The van der Waals surface area contributed by atoms with Crippen molar-refractivity contribution < 1.29 is 14.4 Å². The van der Waals surface area contributed by atoms with Crippen molar-refractivity contribution in [1.82, 2.24) is 20.4 Å². The highest BCUT2D eigenvalue weighted by Crippen LogP contribution is 2.25. The normalized spacial score (nSPS) is 12.6. The first-order valence-electron chi connectivity index (χ1n) is 10.1. The third-order valence-electron chi connectivity index (χ3n) is 4.74. The number of halogens is 1. The number of primary amides is 1. The van der Waals surface area contributed by atoms with Crippen molar-refractivity contribution in [2.45, 2.75) is 59.5 Å². The van der Waals surface area contributed by atoms with Crippen LogP contribution < -0.4 is 16.4 Å². The van der Waals surface area contributed by atoms with Gasteiger partial charge in [0, 0.05) is 17.0 Å². The molecule has 3 amide bonds. The average molecular weight is 436 g/mol. The van der Waals surface area contributed by atoms with Crippen molar-refractivity contribution >= 4 is 40.2 Å². The number of rotatable bonds is 9. The van der Waals surface area contributed by atoms with Gasteiger partial charge in [0.2, 0.25) is 11.8 Å². The fourth-order valence-corrected chi connectivity index (χ4v) is 3.32. The van der Waals surface area contributed by atoms with Crippen LogP contribution in [0.2, 0.25) is 5.02 Å². The summed E-state index contributed by atoms with van der Waals surface area (Å²) < 4.78 is 1.80. The second-order valence-corrected chi connectivity index (χ2v) is 8.83. The van der Waals surface area contributed by atoms with E-state index in [9.17, 15) is 14.4 Å². The summed E-state index contributed by atoms with van der Waals surface area (Å²) in [5.41, 5.74) is 5.52. The molecule has 164 valence electrons. The summed E-state index contributed by atoms with van der Waals surface area (Å²) >= 11 is 6.15. The molecule has 1 aromatic heterocycles. The molecule has 0 bridgehead atoms. The smallest absolute Gasteiger partial charge is 0.273 e. The van der Waals surface area contributed by atoms with Gasteiger partial charge >= 0.3 is 0 Å². The minimum absolute atomic E-state index is 0.209. The molecule has 0 saturated carbocycles. The van der Waals surface area contributed by atoms with Crippen molar-refractivity contribution in [3.8, 4) is 0 Å². The van der Waals surface area contributed by atoms with E-state index in [-0.39, 0.29) is 12.2 Å². The Labute approximate surface area is 181 Å². The molecular formula is C21H30ClN5O3. The lowest BCUT2D eigenvalue weighted by Gasteiger charge is -2.30. The monoisotopic (exact) mass is 435 g/mol. The second-order valence-electron chi connectivity index (χ2n) is 8.40. The maximum absolute atomic E-state index is 13.1. The van der Waals surface area contributed by atoms with Crippen molar-refractivity contribution in [2.24, 2.45) is 11.1 Å². The van der Waals surface area contributed by atoms with Crippen molar-refractivity contribution in [3.63, 3.8) is 0 Å². The second kappa shape index (κ2) is 9.93. The van der Waals surface area contributed by atoms with Gasteiger partial charge < -0.3 is 16.4 Å². The van der Waals surface area contributed by atoms with E-state index in [0.29, 0.717) is 17.0 Å². The van der Waals surface area contributed by atoms with Crippen molar-refractivity contribution in [3.05, 3.63) is 28.9 Å². The molecule has 0 aliphatic rings. The Morgan fingerprint density at radius 2 is 1.93 bits per heavy atom. The molecule has 30 heavy (non-hydrogen) atoms. The van der Waals surface area contributed by atoms with Gasteiger partial charge in [-0.2, -0.15) is 5.10 Å². The number of benzene rings is 1. The SMILES string of the molecule is CCCCCn1nc(C(=O)NC(C(=O)NCC(N)=O)C(C)(C)C)c2cc(Cl)ccc21. The Bertz CT molecular complexity index is 933. The van der Waals surface area contributed by atoms with Gasteiger partial charge in [0.05, 0.1) is 12.1 Å². The standard InChI is InChI=1S/C21H30ClN5O3/c1-5-6-7-10-27-15-9-8-13(22)11-14(15)17(26-27)19(29)25-18(21(2,3)4)20(30)24-12-16(23)28/h8-9,11,18H,5-7,10,12H2,1-4H3,(H2,23,28)(H,24,30)(H,25,29). The molecule has 0 aliphatic heterocycles. The molecule has 2 aromatic rings. The number of nitrogens with one attached hydrogen (secondary N) is 2. The van der Waals surface area contributed by atoms with E-state index in [4.69, 9.17) is 17.3 Å². The molecule has 8 nitrogen and oxygen atoms in total. The number of fused-ring (bicyclic) bond motifs is 1. The van der Waals surface area contributed by atoms with Crippen LogP contribution in [0, 0.1) is 5.41 Å². The molecule has 0 aliphatic carbocycles. The lowest BCUT2D eigenvalue weighted by molar-refractivity contribution is -0.128. The summed E-state index contributed by atoms with van der Waals surface area (Å²) in [4.78, 5) is 36.7. The lowest BCUT2D eigenvalue weighted by atomic mass is 9.86. The van der Waals surface area contributed by atoms with Crippen LogP contribution in [-0.4, -0.2) is 40.1 Å². The van der Waals surface area contributed by atoms with Gasteiger partial charge in [-0.25, -0.2) is 0 Å². The molecule has 0 radical (unpaired) electrons. The number of aryl methyl sites for hydroxylation is 1. The third kappa shape index (κ3) is 5.95. The van der Waals surface area contributed by atoms with E-state index < -0.39 is 29.2 Å². The van der Waals surface area contributed by atoms with E-state index in [0.717, 1.165) is 24.8 Å². The fourth-order valence-electron chi connectivity index (χ4n) is 3.15. The topological polar surface area (TPSA) is 119 Å². The van der Waals surface area contributed by atoms with E-state index in [1.54, 1.807) is 16.8 Å². The highest BCUT2D eigenvalue weighted by atomic mass is 35.5. The largest absolute Gasteiger partial charge is 0.368 e. The van der Waals surface area contributed by atoms with Gasteiger partial charge in [-0.15, -0.1) is 0 Å². The summed E-state index contributed by atoms with van der Waals surface area (Å²) in [5, 5.41) is 10.9. The molecule has 0 saturated heterocycles. The van der Waals surface area contributed by atoms with Crippen LogP contribution in [0.25, 0.3) is 10.9 Å². The Balaban J connectivity index is 2.34. The summed E-state index contributed by atoms with van der Waals surface area (Å²) in [5.74, 6) is -1.63. The van der Waals surface area contributed by atoms with Crippen LogP contribution in [0.15, 0.2) is 18.2 Å². The first-order chi connectivity index (χ1) is 14.0. The molecular weight excluding hydrogens is 406 g/mol. The number of nitrogens with zero attached hydrogens (tertiary/aromatic N) is 2. The van der Waals surface area contributed by atoms with Crippen LogP contribution >= 0.6 is 11.6 Å². The van der Waals surface area contributed by atoms with Gasteiger partial charge in [-0.05, 0) is 30.0 Å². The summed E-state index contributed by atoms with van der Waals surface area (Å²) in [6, 6.07) is 4.42. The van der Waals surface area contributed by atoms with Crippen LogP contribution in [0.1, 0.15) is 57.4 Å². The van der Waals surface area contributed by atoms with Crippen LogP contribution in [0.3, 0.4) is 0 Å². The quantitative estimate of drug-likeness (QED) is 0.524. The first-order valence-corrected chi connectivity index (χ1v) is 10.4. The van der Waals surface area contributed by atoms with Crippen LogP contribution in [-0.2, 0) is 16.1 Å². The predicted molar refractivity (Wildman–Crippen MR) is 117 cm³/mol. The highest BCUT2D eigenvalue weighted by Gasteiger charge is 2.34. The predicted octanol–water partition coefficient (Wildman–Crippen LogP) is 2.63. The lowest BCUT2D eigenvalue weighted by Crippen LogP contribution is -2.54. The zero-order chi connectivity index (χ0) is 22.5. The molecule has 1 unspecified atom stereocenters. The number of aromatic nitrogens is 2. The number of nitrogens with two attached hydrogens (primary N) is 1. The number of amides is 3. The van der Waals surface area contributed by atoms with E-state index in [1.165, 1.54) is 0 Å². The molecule has 1 aromatic carbocycles. The Morgan fingerprint density at radius 3 is 2.53 bits per heavy atom. The molecule has 9 heteroatoms. The molecule has 4 N–H and O–H groups in total. The average Bonchev–Trinajstić information content (AvgIpc) is 3.01. The number of hydrogen-bond donors (Lipinski definition) is 3. The number of carbonyl (C=O) groups is 3. The maximum atomic E-state index is 13.1. The van der Waals surface area contributed by atoms with Crippen molar-refractivity contribution in [1.29, 1.82) is 0 Å². The van der Waals surface area contributed by atoms with Gasteiger partial charge in [0.15, 0.2) is 5.69 Å². The van der Waals surface area contributed by atoms with Crippen LogP contribution in [0.5, 0.6) is 0 Å². The molecule has 2 rings (SSSR count). The van der Waals surface area contributed by atoms with E-state index >= 15 is 0 Å². The maximum Gasteiger partial charge on any atom is 0.273 e. The van der Waals surface area contributed by atoms with Gasteiger partial charge in [-0.3, -0.25) is 19.1 Å². The van der Waals surface area contributed by atoms with E-state index in [2.05, 4.69) is 22.7 Å². The molecule has 0 spiro atoms. The summed E-state index contributed by atoms with van der Waals surface area (Å²) in [6.07, 6.45) is 3.08. The van der Waals surface area contributed by atoms with Gasteiger partial charge in [0.25, 0.3) is 5.91 Å². The minimum atomic E-state index is -0.885. The fraction of sp³-hybridized carbons (Fsp3) is 0.524.